The number of nitrogens with zero attached hydrogens (tertiary/aromatic N) is 4. The number of aliphatic hydroxyl groups excluding tert-OH is 1. The Morgan fingerprint density at radius 3 is 2.34 bits per heavy atom. The fourth-order valence-electron chi connectivity index (χ4n) is 3.94. The number of aromatic nitrogens is 4. The lowest BCUT2D eigenvalue weighted by molar-refractivity contribution is -0.141. The lowest BCUT2D eigenvalue weighted by Crippen LogP contribution is -2.17. The van der Waals surface area contributed by atoms with Gasteiger partial charge in [0.15, 0.2) is 5.65 Å². The first kappa shape index (κ1) is 26.0. The van der Waals surface area contributed by atoms with Gasteiger partial charge in [-0.1, -0.05) is 53.5 Å². The van der Waals surface area contributed by atoms with Crippen LogP contribution >= 0.6 is 23.2 Å². The molecule has 0 unspecified atom stereocenters. The Balaban J connectivity index is 1.83. The average molecular weight is 559 g/mol. The first-order chi connectivity index (χ1) is 18.2. The summed E-state index contributed by atoms with van der Waals surface area (Å²) in [7, 11) is 0. The van der Waals surface area contributed by atoms with Crippen molar-refractivity contribution in [3.8, 4) is 39.5 Å². The Morgan fingerprint density at radius 2 is 1.71 bits per heavy atom. The summed E-state index contributed by atoms with van der Waals surface area (Å²) in [5, 5.41) is 15.3. The Bertz CT molecular complexity index is 1600. The number of rotatable bonds is 6. The van der Waals surface area contributed by atoms with E-state index in [4.69, 9.17) is 33.0 Å². The molecular weight excluding hydrogens is 540 g/mol. The molecule has 0 aliphatic carbocycles. The van der Waals surface area contributed by atoms with E-state index in [2.05, 4.69) is 9.97 Å². The summed E-state index contributed by atoms with van der Waals surface area (Å²) in [6.45, 7) is 1.40. The maximum absolute atomic E-state index is 13.2. The topological polar surface area (TPSA) is 72.5 Å². The number of hydrogen-bond donors (Lipinski definition) is 1. The maximum atomic E-state index is 13.2. The van der Waals surface area contributed by atoms with Crippen LogP contribution in [-0.2, 0) is 6.18 Å². The summed E-state index contributed by atoms with van der Waals surface area (Å²) in [4.78, 5) is 8.28. The van der Waals surface area contributed by atoms with Crippen LogP contribution in [0.4, 0.5) is 13.2 Å². The molecule has 0 saturated heterocycles. The minimum atomic E-state index is -4.58. The van der Waals surface area contributed by atoms with Gasteiger partial charge in [-0.05, 0) is 42.8 Å². The molecule has 5 aromatic rings. The molecule has 0 bridgehead atoms. The molecule has 11 heteroatoms. The average Bonchev–Trinajstić information content (AvgIpc) is 3.27. The van der Waals surface area contributed by atoms with Gasteiger partial charge < -0.3 is 9.84 Å². The zero-order valence-electron chi connectivity index (χ0n) is 19.7. The molecule has 0 radical (unpaired) electrons. The summed E-state index contributed by atoms with van der Waals surface area (Å²) in [5.41, 5.74) is 2.54. The van der Waals surface area contributed by atoms with Crippen molar-refractivity contribution in [2.45, 2.75) is 19.2 Å². The second kappa shape index (κ2) is 10.2. The highest BCUT2D eigenvalue weighted by molar-refractivity contribution is 6.33. The maximum Gasteiger partial charge on any atom is 0.433 e. The monoisotopic (exact) mass is 558 g/mol. The highest BCUT2D eigenvalue weighted by Crippen LogP contribution is 2.40. The van der Waals surface area contributed by atoms with E-state index in [1.807, 2.05) is 24.3 Å². The normalized spacial score (nSPS) is 12.6. The van der Waals surface area contributed by atoms with Crippen LogP contribution in [-0.4, -0.2) is 37.4 Å². The number of alkyl halides is 3. The van der Waals surface area contributed by atoms with Gasteiger partial charge in [-0.25, -0.2) is 4.52 Å². The largest absolute Gasteiger partial charge is 0.472 e. The molecule has 0 spiro atoms. The molecule has 5 rings (SSSR count). The van der Waals surface area contributed by atoms with Crippen LogP contribution in [0.5, 0.6) is 5.88 Å². The second-order valence-corrected chi connectivity index (χ2v) is 9.31. The van der Waals surface area contributed by atoms with Gasteiger partial charge >= 0.3 is 6.18 Å². The van der Waals surface area contributed by atoms with Crippen LogP contribution in [0.3, 0.4) is 0 Å². The van der Waals surface area contributed by atoms with E-state index in [0.717, 1.165) is 17.8 Å². The molecule has 1 N–H and O–H groups in total. The van der Waals surface area contributed by atoms with Gasteiger partial charge in [-0.2, -0.15) is 23.3 Å². The molecule has 6 nitrogen and oxygen atoms in total. The summed E-state index contributed by atoms with van der Waals surface area (Å²) in [6, 6.07) is 18.0. The smallest absolute Gasteiger partial charge is 0.433 e. The first-order valence-electron chi connectivity index (χ1n) is 11.4. The van der Waals surface area contributed by atoms with Gasteiger partial charge in [0.1, 0.15) is 17.5 Å². The van der Waals surface area contributed by atoms with Crippen molar-refractivity contribution in [1.82, 2.24) is 19.6 Å². The van der Waals surface area contributed by atoms with Crippen LogP contribution in [0.25, 0.3) is 39.3 Å². The summed E-state index contributed by atoms with van der Waals surface area (Å²) in [6.07, 6.45) is -4.05. The lowest BCUT2D eigenvalue weighted by atomic mass is 10.0. The highest BCUT2D eigenvalue weighted by atomic mass is 35.5. The molecule has 194 valence electrons. The molecule has 3 heterocycles. The number of fused-ring (bicyclic) bond motifs is 1. The van der Waals surface area contributed by atoms with E-state index in [1.165, 1.54) is 10.6 Å². The van der Waals surface area contributed by atoms with Crippen LogP contribution in [0.15, 0.2) is 72.9 Å². The van der Waals surface area contributed by atoms with E-state index in [0.29, 0.717) is 43.8 Å². The Labute approximate surface area is 225 Å². The lowest BCUT2D eigenvalue weighted by Gasteiger charge is -2.14. The van der Waals surface area contributed by atoms with Crippen molar-refractivity contribution in [3.63, 3.8) is 0 Å². The summed E-state index contributed by atoms with van der Waals surface area (Å²) >= 11 is 12.7. The van der Waals surface area contributed by atoms with Gasteiger partial charge in [-0.15, -0.1) is 0 Å². The molecular formula is C27H19Cl2F3N4O2. The zero-order chi connectivity index (χ0) is 27.0. The van der Waals surface area contributed by atoms with Gasteiger partial charge in [0, 0.05) is 28.4 Å². The van der Waals surface area contributed by atoms with Crippen molar-refractivity contribution < 1.29 is 23.0 Å². The molecule has 38 heavy (non-hydrogen) atoms. The first-order valence-corrected chi connectivity index (χ1v) is 12.2. The second-order valence-electron chi connectivity index (χ2n) is 8.47. The molecule has 0 aliphatic rings. The van der Waals surface area contributed by atoms with E-state index >= 15 is 0 Å². The summed E-state index contributed by atoms with van der Waals surface area (Å²) in [5.74, 6) is 0.148. The number of benzene rings is 2. The fraction of sp³-hybridized carbons (Fsp3) is 0.148. The van der Waals surface area contributed by atoms with E-state index in [-0.39, 0.29) is 12.5 Å². The van der Waals surface area contributed by atoms with Gasteiger partial charge in [0.05, 0.1) is 22.9 Å². The number of halogens is 5. The van der Waals surface area contributed by atoms with E-state index < -0.39 is 18.0 Å². The third kappa shape index (κ3) is 5.05. The third-order valence-electron chi connectivity index (χ3n) is 5.76. The SMILES string of the molecule is C[C@H](CO)Oc1cc(-c2ccc(C(F)(F)F)nc2)n2nc(-c3ccccc3Cl)c(-c3ccc(Cl)cc3)c2n1. The van der Waals surface area contributed by atoms with Crippen LogP contribution in [0, 0.1) is 0 Å². The quantitative estimate of drug-likeness (QED) is 0.238. The minimum absolute atomic E-state index is 0.148. The molecule has 1 atom stereocenters. The number of aliphatic hydroxyl groups is 1. The minimum Gasteiger partial charge on any atom is -0.472 e. The van der Waals surface area contributed by atoms with Crippen molar-refractivity contribution in [2.24, 2.45) is 0 Å². The van der Waals surface area contributed by atoms with Gasteiger partial charge in [0.25, 0.3) is 0 Å². The summed E-state index contributed by atoms with van der Waals surface area (Å²) < 4.78 is 46.8. The van der Waals surface area contributed by atoms with Crippen molar-refractivity contribution in [3.05, 3.63) is 88.7 Å². The predicted molar refractivity (Wildman–Crippen MR) is 139 cm³/mol. The fourth-order valence-corrected chi connectivity index (χ4v) is 4.29. The standard InChI is InChI=1S/C27H19Cl2F3N4O2/c1-15(14-37)38-23-12-21(17-8-11-22(33-13-17)27(30,31)32)36-26(34-23)24(16-6-9-18(28)10-7-16)25(35-36)19-4-2-3-5-20(19)29/h2-13,15,37H,14H2,1H3/t15-/m1/s1. The van der Waals surface area contributed by atoms with Crippen molar-refractivity contribution >= 4 is 28.8 Å². The van der Waals surface area contributed by atoms with Gasteiger partial charge in [0.2, 0.25) is 5.88 Å². The Morgan fingerprint density at radius 1 is 1.00 bits per heavy atom. The van der Waals surface area contributed by atoms with Gasteiger partial charge in [-0.3, -0.25) is 4.98 Å². The zero-order valence-corrected chi connectivity index (χ0v) is 21.3. The molecule has 0 amide bonds. The van der Waals surface area contributed by atoms with Crippen LogP contribution in [0.1, 0.15) is 12.6 Å². The number of ether oxygens (including phenoxy) is 1. The molecule has 0 aliphatic heterocycles. The Hall–Kier alpha value is -3.66. The van der Waals surface area contributed by atoms with Crippen LogP contribution < -0.4 is 4.74 Å². The Kier molecular flexibility index (Phi) is 7.00. The van der Waals surface area contributed by atoms with Crippen molar-refractivity contribution in [2.75, 3.05) is 6.61 Å². The molecule has 0 saturated carbocycles. The predicted octanol–water partition coefficient (Wildman–Crippen LogP) is 7.21. The highest BCUT2D eigenvalue weighted by Gasteiger charge is 2.32. The van der Waals surface area contributed by atoms with E-state index in [1.54, 1.807) is 37.3 Å². The van der Waals surface area contributed by atoms with Crippen molar-refractivity contribution in [1.29, 1.82) is 0 Å². The third-order valence-corrected chi connectivity index (χ3v) is 6.34. The molecule has 3 aromatic heterocycles. The number of hydrogen-bond acceptors (Lipinski definition) is 5. The molecule has 2 aromatic carbocycles. The van der Waals surface area contributed by atoms with Crippen LogP contribution in [0.2, 0.25) is 10.0 Å². The van der Waals surface area contributed by atoms with E-state index in [9.17, 15) is 18.3 Å². The number of pyridine rings is 1. The molecule has 0 fully saturated rings.